The number of carbonyl (C=O) groups is 2. The standard InChI is InChI=1S/C21H29N3O3/c1-5-23(15-17-11-7-6-10-16(17)14-22)19(25)18-12-8-9-13-24(18)20(26)27-21(2,3)4/h6-7,10-11,18H,5,8-9,12-13,15H2,1-4H3. The van der Waals surface area contributed by atoms with Crippen molar-refractivity contribution in [3.63, 3.8) is 0 Å². The summed E-state index contributed by atoms with van der Waals surface area (Å²) in [5.41, 5.74) is 0.782. The predicted octanol–water partition coefficient (Wildman–Crippen LogP) is 3.70. The van der Waals surface area contributed by atoms with Gasteiger partial charge < -0.3 is 9.64 Å². The van der Waals surface area contributed by atoms with Gasteiger partial charge in [0, 0.05) is 19.6 Å². The van der Waals surface area contributed by atoms with Crippen LogP contribution in [0.3, 0.4) is 0 Å². The SMILES string of the molecule is CCN(Cc1ccccc1C#N)C(=O)C1CCCCN1C(=O)OC(C)(C)C. The van der Waals surface area contributed by atoms with Gasteiger partial charge in [0.25, 0.3) is 0 Å². The summed E-state index contributed by atoms with van der Waals surface area (Å²) in [6.45, 7) is 8.77. The number of amides is 2. The number of ether oxygens (including phenoxy) is 1. The molecule has 0 spiro atoms. The number of benzene rings is 1. The molecule has 6 heteroatoms. The van der Waals surface area contributed by atoms with Crippen molar-refractivity contribution in [2.24, 2.45) is 0 Å². The first-order valence-corrected chi connectivity index (χ1v) is 9.53. The lowest BCUT2D eigenvalue weighted by molar-refractivity contribution is -0.138. The molecule has 2 rings (SSSR count). The average molecular weight is 371 g/mol. The molecule has 1 atom stereocenters. The van der Waals surface area contributed by atoms with Crippen LogP contribution in [0.2, 0.25) is 0 Å². The summed E-state index contributed by atoms with van der Waals surface area (Å²) in [5.74, 6) is -0.0872. The number of piperidine rings is 1. The molecule has 0 bridgehead atoms. The van der Waals surface area contributed by atoms with E-state index in [1.807, 2.05) is 45.9 Å². The van der Waals surface area contributed by atoms with Gasteiger partial charge in [-0.05, 0) is 58.6 Å². The van der Waals surface area contributed by atoms with Gasteiger partial charge in [0.05, 0.1) is 11.6 Å². The van der Waals surface area contributed by atoms with Crippen molar-refractivity contribution >= 4 is 12.0 Å². The fourth-order valence-corrected chi connectivity index (χ4v) is 3.26. The molecule has 1 aromatic rings. The van der Waals surface area contributed by atoms with E-state index in [9.17, 15) is 14.9 Å². The Morgan fingerprint density at radius 3 is 2.63 bits per heavy atom. The zero-order chi connectivity index (χ0) is 20.0. The Morgan fingerprint density at radius 1 is 1.30 bits per heavy atom. The minimum atomic E-state index is -0.599. The van der Waals surface area contributed by atoms with Crippen LogP contribution in [0.15, 0.2) is 24.3 Å². The second-order valence-electron chi connectivity index (χ2n) is 7.81. The van der Waals surface area contributed by atoms with Crippen LogP contribution in [-0.2, 0) is 16.1 Å². The first-order valence-electron chi connectivity index (χ1n) is 9.53. The van der Waals surface area contributed by atoms with E-state index in [-0.39, 0.29) is 5.91 Å². The van der Waals surface area contributed by atoms with E-state index in [0.29, 0.717) is 31.6 Å². The highest BCUT2D eigenvalue weighted by Crippen LogP contribution is 2.23. The quantitative estimate of drug-likeness (QED) is 0.809. The molecule has 1 saturated heterocycles. The number of likely N-dealkylation sites (tertiary alicyclic amines) is 1. The van der Waals surface area contributed by atoms with Crippen molar-refractivity contribution < 1.29 is 14.3 Å². The fourth-order valence-electron chi connectivity index (χ4n) is 3.26. The van der Waals surface area contributed by atoms with Gasteiger partial charge in [0.1, 0.15) is 11.6 Å². The Balaban J connectivity index is 2.18. The number of carbonyl (C=O) groups excluding carboxylic acids is 2. The van der Waals surface area contributed by atoms with Crippen molar-refractivity contribution in [3.8, 4) is 6.07 Å². The number of nitriles is 1. The molecule has 1 aliphatic rings. The monoisotopic (exact) mass is 371 g/mol. The van der Waals surface area contributed by atoms with E-state index in [4.69, 9.17) is 4.74 Å². The molecule has 1 heterocycles. The van der Waals surface area contributed by atoms with Crippen LogP contribution in [0.1, 0.15) is 58.1 Å². The van der Waals surface area contributed by atoms with Crippen LogP contribution in [-0.4, -0.2) is 46.5 Å². The first-order chi connectivity index (χ1) is 12.8. The Hall–Kier alpha value is -2.55. The number of likely N-dealkylation sites (N-methyl/N-ethyl adjacent to an activating group) is 1. The molecule has 0 aromatic heterocycles. The smallest absolute Gasteiger partial charge is 0.410 e. The third-order valence-corrected chi connectivity index (χ3v) is 4.61. The molecule has 0 N–H and O–H groups in total. The molecule has 0 saturated carbocycles. The number of rotatable bonds is 4. The molecule has 1 unspecified atom stereocenters. The van der Waals surface area contributed by atoms with E-state index in [1.165, 1.54) is 0 Å². The predicted molar refractivity (Wildman–Crippen MR) is 103 cm³/mol. The minimum absolute atomic E-state index is 0.0872. The molecule has 0 radical (unpaired) electrons. The summed E-state index contributed by atoms with van der Waals surface area (Å²) >= 11 is 0. The van der Waals surface area contributed by atoms with Gasteiger partial charge in [-0.25, -0.2) is 4.79 Å². The summed E-state index contributed by atoms with van der Waals surface area (Å²) in [7, 11) is 0. The minimum Gasteiger partial charge on any atom is -0.444 e. The van der Waals surface area contributed by atoms with E-state index in [0.717, 1.165) is 18.4 Å². The van der Waals surface area contributed by atoms with Crippen molar-refractivity contribution in [3.05, 3.63) is 35.4 Å². The van der Waals surface area contributed by atoms with Crippen LogP contribution in [0.25, 0.3) is 0 Å². The molecule has 27 heavy (non-hydrogen) atoms. The third kappa shape index (κ3) is 5.46. The van der Waals surface area contributed by atoms with Gasteiger partial charge in [-0.15, -0.1) is 0 Å². The molecular formula is C21H29N3O3. The second-order valence-corrected chi connectivity index (χ2v) is 7.81. The molecular weight excluding hydrogens is 342 g/mol. The lowest BCUT2D eigenvalue weighted by Crippen LogP contribution is -2.53. The molecule has 6 nitrogen and oxygen atoms in total. The molecule has 1 aliphatic heterocycles. The Labute approximate surface area is 161 Å². The number of nitrogens with zero attached hydrogens (tertiary/aromatic N) is 3. The average Bonchev–Trinajstić information content (AvgIpc) is 2.64. The van der Waals surface area contributed by atoms with Gasteiger partial charge in [0.15, 0.2) is 0 Å². The third-order valence-electron chi connectivity index (χ3n) is 4.61. The van der Waals surface area contributed by atoms with Crippen molar-refractivity contribution in [1.29, 1.82) is 5.26 Å². The summed E-state index contributed by atoms with van der Waals surface area (Å²) < 4.78 is 5.50. The molecule has 2 amide bonds. The highest BCUT2D eigenvalue weighted by Gasteiger charge is 2.36. The van der Waals surface area contributed by atoms with Crippen molar-refractivity contribution in [2.75, 3.05) is 13.1 Å². The van der Waals surface area contributed by atoms with Gasteiger partial charge in [-0.3, -0.25) is 9.69 Å². The summed E-state index contributed by atoms with van der Waals surface area (Å²) in [6.07, 6.45) is 1.97. The summed E-state index contributed by atoms with van der Waals surface area (Å²) in [5, 5.41) is 9.29. The molecule has 0 aliphatic carbocycles. The lowest BCUT2D eigenvalue weighted by atomic mass is 10.0. The fraction of sp³-hybridized carbons (Fsp3) is 0.571. The van der Waals surface area contributed by atoms with Gasteiger partial charge >= 0.3 is 6.09 Å². The maximum Gasteiger partial charge on any atom is 0.410 e. The van der Waals surface area contributed by atoms with Crippen molar-refractivity contribution in [2.45, 2.75) is 65.1 Å². The Kier molecular flexibility index (Phi) is 6.84. The summed E-state index contributed by atoms with van der Waals surface area (Å²) in [6, 6.07) is 8.95. The number of hydrogen-bond acceptors (Lipinski definition) is 4. The highest BCUT2D eigenvalue weighted by molar-refractivity contribution is 5.86. The maximum absolute atomic E-state index is 13.2. The lowest BCUT2D eigenvalue weighted by Gasteiger charge is -2.38. The van der Waals surface area contributed by atoms with Gasteiger partial charge in [-0.1, -0.05) is 18.2 Å². The van der Waals surface area contributed by atoms with Gasteiger partial charge in [-0.2, -0.15) is 5.26 Å². The van der Waals surface area contributed by atoms with E-state index >= 15 is 0 Å². The Morgan fingerprint density at radius 2 is 2.00 bits per heavy atom. The molecule has 1 aromatic carbocycles. The normalized spacial score (nSPS) is 17.1. The van der Waals surface area contributed by atoms with Crippen LogP contribution in [0.4, 0.5) is 4.79 Å². The van der Waals surface area contributed by atoms with Crippen LogP contribution in [0, 0.1) is 11.3 Å². The topological polar surface area (TPSA) is 73.6 Å². The molecule has 146 valence electrons. The Bertz CT molecular complexity index is 718. The van der Waals surface area contributed by atoms with E-state index in [2.05, 4.69) is 6.07 Å². The van der Waals surface area contributed by atoms with Gasteiger partial charge in [0.2, 0.25) is 5.91 Å². The van der Waals surface area contributed by atoms with Crippen molar-refractivity contribution in [1.82, 2.24) is 9.80 Å². The molecule has 1 fully saturated rings. The summed E-state index contributed by atoms with van der Waals surface area (Å²) in [4.78, 5) is 29.1. The van der Waals surface area contributed by atoms with Crippen LogP contribution in [0.5, 0.6) is 0 Å². The zero-order valence-electron chi connectivity index (χ0n) is 16.7. The zero-order valence-corrected chi connectivity index (χ0v) is 16.7. The largest absolute Gasteiger partial charge is 0.444 e. The van der Waals surface area contributed by atoms with E-state index < -0.39 is 17.7 Å². The highest BCUT2D eigenvalue weighted by atomic mass is 16.6. The number of hydrogen-bond donors (Lipinski definition) is 0. The van der Waals surface area contributed by atoms with Crippen LogP contribution < -0.4 is 0 Å². The first kappa shape index (κ1) is 20.8. The maximum atomic E-state index is 13.2. The van der Waals surface area contributed by atoms with Crippen LogP contribution >= 0.6 is 0 Å². The second kappa shape index (κ2) is 8.90. The van der Waals surface area contributed by atoms with E-state index in [1.54, 1.807) is 15.9 Å².